The number of methoxy groups -OCH3 is 1. The van der Waals surface area contributed by atoms with Crippen molar-refractivity contribution in [1.82, 2.24) is 20.4 Å². The van der Waals surface area contributed by atoms with E-state index in [1.165, 1.54) is 32.9 Å². The molecule has 1 unspecified atom stereocenters. The molecule has 0 aromatic rings. The number of piperidine rings is 2. The third-order valence-corrected chi connectivity index (χ3v) is 5.11. The lowest BCUT2D eigenvalue weighted by Crippen LogP contribution is -2.49. The van der Waals surface area contributed by atoms with Crippen LogP contribution in [0.15, 0.2) is 0 Å². The van der Waals surface area contributed by atoms with Crippen LogP contribution in [-0.2, 0) is 4.74 Å². The zero-order valence-electron chi connectivity index (χ0n) is 15.1. The summed E-state index contributed by atoms with van der Waals surface area (Å²) in [5.41, 5.74) is 0. The first-order valence-corrected chi connectivity index (χ1v) is 9.21. The van der Waals surface area contributed by atoms with Crippen LogP contribution in [0.25, 0.3) is 0 Å². The van der Waals surface area contributed by atoms with E-state index in [0.29, 0.717) is 25.7 Å². The van der Waals surface area contributed by atoms with Gasteiger partial charge in [0.15, 0.2) is 0 Å². The zero-order valence-corrected chi connectivity index (χ0v) is 15.1. The number of carbonyl (C=O) groups is 2. The maximum Gasteiger partial charge on any atom is 0.409 e. The standard InChI is InChI=1S/C17H32N4O3/c1-14-6-3-4-10-20(14)11-5-9-18-16(22)19-15-7-12-21(13-8-15)17(23)24-2/h14-15H,3-13H2,1-2H3,(H2,18,19,22). The highest BCUT2D eigenvalue weighted by Crippen LogP contribution is 2.16. The summed E-state index contributed by atoms with van der Waals surface area (Å²) in [6.07, 6.45) is 6.17. The number of hydrogen-bond acceptors (Lipinski definition) is 4. The fraction of sp³-hybridized carbons (Fsp3) is 0.882. The second-order valence-corrected chi connectivity index (χ2v) is 6.87. The van der Waals surface area contributed by atoms with E-state index in [0.717, 1.165) is 25.8 Å². The second kappa shape index (κ2) is 9.71. The van der Waals surface area contributed by atoms with Crippen LogP contribution in [0.5, 0.6) is 0 Å². The van der Waals surface area contributed by atoms with Crippen molar-refractivity contribution in [1.29, 1.82) is 0 Å². The van der Waals surface area contributed by atoms with Crippen molar-refractivity contribution in [3.8, 4) is 0 Å². The van der Waals surface area contributed by atoms with Crippen molar-refractivity contribution in [2.24, 2.45) is 0 Å². The molecule has 2 aliphatic rings. The Hall–Kier alpha value is -1.50. The van der Waals surface area contributed by atoms with E-state index in [1.807, 2.05) is 0 Å². The van der Waals surface area contributed by atoms with Gasteiger partial charge in [-0.3, -0.25) is 0 Å². The molecule has 2 N–H and O–H groups in total. The molecule has 1 atom stereocenters. The number of carbonyl (C=O) groups excluding carboxylic acids is 2. The molecule has 0 aliphatic carbocycles. The molecule has 2 heterocycles. The molecule has 2 fully saturated rings. The fourth-order valence-corrected chi connectivity index (χ4v) is 3.55. The molecule has 2 saturated heterocycles. The van der Waals surface area contributed by atoms with Crippen molar-refractivity contribution in [2.75, 3.05) is 39.8 Å². The first-order valence-electron chi connectivity index (χ1n) is 9.21. The summed E-state index contributed by atoms with van der Waals surface area (Å²) in [5.74, 6) is 0. The number of nitrogens with one attached hydrogen (secondary N) is 2. The van der Waals surface area contributed by atoms with Gasteiger partial charge < -0.3 is 25.2 Å². The van der Waals surface area contributed by atoms with Crippen molar-refractivity contribution >= 4 is 12.1 Å². The average molecular weight is 340 g/mol. The van der Waals surface area contributed by atoms with E-state index in [4.69, 9.17) is 4.74 Å². The zero-order chi connectivity index (χ0) is 17.4. The summed E-state index contributed by atoms with van der Waals surface area (Å²) >= 11 is 0. The Bertz CT molecular complexity index is 411. The third kappa shape index (κ3) is 5.85. The molecule has 2 aliphatic heterocycles. The van der Waals surface area contributed by atoms with Crippen LogP contribution in [0.2, 0.25) is 0 Å². The number of nitrogens with zero attached hydrogens (tertiary/aromatic N) is 2. The lowest BCUT2D eigenvalue weighted by molar-refractivity contribution is 0.110. The summed E-state index contributed by atoms with van der Waals surface area (Å²) in [6, 6.07) is 0.707. The third-order valence-electron chi connectivity index (χ3n) is 5.11. The van der Waals surface area contributed by atoms with Gasteiger partial charge in [-0.05, 0) is 45.6 Å². The molecule has 7 nitrogen and oxygen atoms in total. The number of ether oxygens (including phenoxy) is 1. The van der Waals surface area contributed by atoms with E-state index in [9.17, 15) is 9.59 Å². The van der Waals surface area contributed by atoms with Gasteiger partial charge in [0.25, 0.3) is 0 Å². The van der Waals surface area contributed by atoms with Crippen LogP contribution in [0.4, 0.5) is 9.59 Å². The van der Waals surface area contributed by atoms with Gasteiger partial charge in [-0.2, -0.15) is 0 Å². The SMILES string of the molecule is COC(=O)N1CCC(NC(=O)NCCCN2CCCCC2C)CC1. The Balaban J connectivity index is 1.55. The number of amides is 3. The predicted molar refractivity (Wildman–Crippen MR) is 93.0 cm³/mol. The van der Waals surface area contributed by atoms with Crippen molar-refractivity contribution in [3.63, 3.8) is 0 Å². The molecule has 0 radical (unpaired) electrons. The fourth-order valence-electron chi connectivity index (χ4n) is 3.55. The Morgan fingerprint density at radius 2 is 1.88 bits per heavy atom. The Morgan fingerprint density at radius 1 is 1.12 bits per heavy atom. The van der Waals surface area contributed by atoms with Gasteiger partial charge in [-0.25, -0.2) is 9.59 Å². The average Bonchev–Trinajstić information content (AvgIpc) is 2.60. The largest absolute Gasteiger partial charge is 0.453 e. The van der Waals surface area contributed by atoms with Gasteiger partial charge in [0.05, 0.1) is 7.11 Å². The monoisotopic (exact) mass is 340 g/mol. The van der Waals surface area contributed by atoms with Crippen LogP contribution in [-0.4, -0.2) is 73.8 Å². The predicted octanol–water partition coefficient (Wildman–Crippen LogP) is 1.78. The minimum Gasteiger partial charge on any atom is -0.453 e. The number of urea groups is 1. The number of hydrogen-bond donors (Lipinski definition) is 2. The smallest absolute Gasteiger partial charge is 0.409 e. The van der Waals surface area contributed by atoms with E-state index < -0.39 is 0 Å². The van der Waals surface area contributed by atoms with Gasteiger partial charge >= 0.3 is 12.1 Å². The highest BCUT2D eigenvalue weighted by Gasteiger charge is 2.24. The lowest BCUT2D eigenvalue weighted by Gasteiger charge is -2.33. The minimum absolute atomic E-state index is 0.0989. The van der Waals surface area contributed by atoms with E-state index in [2.05, 4.69) is 22.5 Å². The molecule has 0 spiro atoms. The quantitative estimate of drug-likeness (QED) is 0.748. The van der Waals surface area contributed by atoms with Crippen molar-refractivity contribution < 1.29 is 14.3 Å². The first-order chi connectivity index (χ1) is 11.6. The normalized spacial score (nSPS) is 22.9. The van der Waals surface area contributed by atoms with Gasteiger partial charge in [-0.1, -0.05) is 6.42 Å². The number of rotatable bonds is 5. The highest BCUT2D eigenvalue weighted by molar-refractivity contribution is 5.74. The van der Waals surface area contributed by atoms with Crippen molar-refractivity contribution in [3.05, 3.63) is 0 Å². The van der Waals surface area contributed by atoms with Crippen LogP contribution in [0.3, 0.4) is 0 Å². The first kappa shape index (κ1) is 18.8. The molecule has 24 heavy (non-hydrogen) atoms. The molecule has 0 bridgehead atoms. The van der Waals surface area contributed by atoms with Gasteiger partial charge in [0, 0.05) is 38.3 Å². The van der Waals surface area contributed by atoms with Crippen molar-refractivity contribution in [2.45, 2.75) is 57.5 Å². The van der Waals surface area contributed by atoms with Gasteiger partial charge in [-0.15, -0.1) is 0 Å². The van der Waals surface area contributed by atoms with E-state index in [-0.39, 0.29) is 18.2 Å². The van der Waals surface area contributed by atoms with E-state index >= 15 is 0 Å². The van der Waals surface area contributed by atoms with Gasteiger partial charge in [0.1, 0.15) is 0 Å². The molecule has 3 amide bonds. The summed E-state index contributed by atoms with van der Waals surface area (Å²) in [4.78, 5) is 27.6. The highest BCUT2D eigenvalue weighted by atomic mass is 16.5. The minimum atomic E-state index is -0.287. The molecule has 0 aromatic carbocycles. The van der Waals surface area contributed by atoms with Crippen LogP contribution >= 0.6 is 0 Å². The second-order valence-electron chi connectivity index (χ2n) is 6.87. The molecule has 2 rings (SSSR count). The molecule has 7 heteroatoms. The summed E-state index contributed by atoms with van der Waals surface area (Å²) in [7, 11) is 1.39. The summed E-state index contributed by atoms with van der Waals surface area (Å²) in [6.45, 7) is 6.50. The maximum atomic E-state index is 12.0. The lowest BCUT2D eigenvalue weighted by atomic mass is 10.0. The number of likely N-dealkylation sites (tertiary alicyclic amines) is 2. The Morgan fingerprint density at radius 3 is 2.54 bits per heavy atom. The van der Waals surface area contributed by atoms with E-state index in [1.54, 1.807) is 4.90 Å². The summed E-state index contributed by atoms with van der Waals surface area (Å²) < 4.78 is 4.71. The Labute approximate surface area is 145 Å². The Kier molecular flexibility index (Phi) is 7.62. The molecular formula is C17H32N4O3. The van der Waals surface area contributed by atoms with Gasteiger partial charge in [0.2, 0.25) is 0 Å². The topological polar surface area (TPSA) is 73.9 Å². The summed E-state index contributed by atoms with van der Waals surface area (Å²) in [5, 5.41) is 5.95. The molecule has 0 saturated carbocycles. The molecule has 0 aromatic heterocycles. The van der Waals surface area contributed by atoms with Crippen LogP contribution in [0.1, 0.15) is 45.4 Å². The van der Waals surface area contributed by atoms with Crippen LogP contribution in [0, 0.1) is 0 Å². The molecule has 138 valence electrons. The maximum absolute atomic E-state index is 12.0. The van der Waals surface area contributed by atoms with Crippen LogP contribution < -0.4 is 10.6 Å². The molecular weight excluding hydrogens is 308 g/mol.